The van der Waals surface area contributed by atoms with Crippen LogP contribution in [0.1, 0.15) is 38.3 Å². The van der Waals surface area contributed by atoms with E-state index in [1.165, 1.54) is 0 Å². The number of likely N-dealkylation sites (tertiary alicyclic amines) is 1. The second-order valence-electron chi connectivity index (χ2n) is 7.51. The van der Waals surface area contributed by atoms with Crippen molar-refractivity contribution in [2.45, 2.75) is 32.7 Å². The molecule has 0 radical (unpaired) electrons. The Hall–Kier alpha value is -2.66. The van der Waals surface area contributed by atoms with Gasteiger partial charge in [0, 0.05) is 18.8 Å². The molecule has 2 aromatic rings. The summed E-state index contributed by atoms with van der Waals surface area (Å²) < 4.78 is 0. The minimum atomic E-state index is -0.304. The Labute approximate surface area is 173 Å². The van der Waals surface area contributed by atoms with Gasteiger partial charge >= 0.3 is 0 Å². The Morgan fingerprint density at radius 3 is 2.28 bits per heavy atom. The molecular formula is C24H31N3O2. The van der Waals surface area contributed by atoms with E-state index < -0.39 is 0 Å². The van der Waals surface area contributed by atoms with Crippen LogP contribution in [0, 0.1) is 5.92 Å². The summed E-state index contributed by atoms with van der Waals surface area (Å²) in [6.45, 7) is 6.94. The van der Waals surface area contributed by atoms with Crippen molar-refractivity contribution in [2.75, 3.05) is 31.5 Å². The molecule has 0 aromatic heterocycles. The highest BCUT2D eigenvalue weighted by atomic mass is 16.2. The van der Waals surface area contributed by atoms with Crippen molar-refractivity contribution in [1.29, 1.82) is 0 Å². The molecule has 2 atom stereocenters. The number of hydrogen-bond donors (Lipinski definition) is 1. The van der Waals surface area contributed by atoms with Crippen LogP contribution in [-0.2, 0) is 9.59 Å². The maximum atomic E-state index is 13.5. The maximum Gasteiger partial charge on any atom is 0.244 e. The molecule has 29 heavy (non-hydrogen) atoms. The average Bonchev–Trinajstić information content (AvgIpc) is 2.78. The number of piperidine rings is 1. The number of benzene rings is 2. The van der Waals surface area contributed by atoms with Gasteiger partial charge in [0.2, 0.25) is 11.8 Å². The maximum absolute atomic E-state index is 13.5. The van der Waals surface area contributed by atoms with Gasteiger partial charge in [-0.2, -0.15) is 0 Å². The quantitative estimate of drug-likeness (QED) is 0.775. The zero-order valence-electron chi connectivity index (χ0n) is 17.4. The summed E-state index contributed by atoms with van der Waals surface area (Å²) in [5.41, 5.74) is 1.81. The fourth-order valence-electron chi connectivity index (χ4n) is 4.06. The predicted octanol–water partition coefficient (Wildman–Crippen LogP) is 3.95. The molecule has 2 aromatic carbocycles. The zero-order valence-corrected chi connectivity index (χ0v) is 17.4. The second-order valence-corrected chi connectivity index (χ2v) is 7.51. The minimum absolute atomic E-state index is 0.00667. The Kier molecular flexibility index (Phi) is 7.42. The third-order valence-electron chi connectivity index (χ3n) is 5.67. The number of carbonyl (C=O) groups excluding carboxylic acids is 2. The first-order chi connectivity index (χ1) is 14.1. The van der Waals surface area contributed by atoms with E-state index >= 15 is 0 Å². The lowest BCUT2D eigenvalue weighted by Gasteiger charge is -2.37. The highest BCUT2D eigenvalue weighted by molar-refractivity contribution is 5.93. The van der Waals surface area contributed by atoms with Gasteiger partial charge in [-0.05, 0) is 43.6 Å². The van der Waals surface area contributed by atoms with Gasteiger partial charge in [0.1, 0.15) is 6.04 Å². The van der Waals surface area contributed by atoms with Gasteiger partial charge in [0.15, 0.2) is 0 Å². The molecule has 2 unspecified atom stereocenters. The van der Waals surface area contributed by atoms with Crippen LogP contribution in [0.25, 0.3) is 0 Å². The Morgan fingerprint density at radius 2 is 1.66 bits per heavy atom. The minimum Gasteiger partial charge on any atom is -0.340 e. The molecule has 1 aliphatic rings. The molecule has 0 saturated carbocycles. The molecule has 3 rings (SSSR count). The number of nitrogens with zero attached hydrogens (tertiary/aromatic N) is 2. The van der Waals surface area contributed by atoms with Crippen molar-refractivity contribution in [2.24, 2.45) is 5.92 Å². The molecule has 1 saturated heterocycles. The summed E-state index contributed by atoms with van der Waals surface area (Å²) in [6, 6.07) is 19.2. The fraction of sp³-hybridized carbons (Fsp3) is 0.417. The Bertz CT molecular complexity index is 790. The summed E-state index contributed by atoms with van der Waals surface area (Å²) in [5, 5.41) is 2.99. The molecule has 1 fully saturated rings. The highest BCUT2D eigenvalue weighted by Crippen LogP contribution is 2.27. The molecule has 0 bridgehead atoms. The number of hydrogen-bond acceptors (Lipinski definition) is 3. The van der Waals surface area contributed by atoms with E-state index in [-0.39, 0.29) is 23.8 Å². The number of carbonyl (C=O) groups is 2. The van der Waals surface area contributed by atoms with E-state index in [9.17, 15) is 9.59 Å². The van der Waals surface area contributed by atoms with Crippen LogP contribution in [0.2, 0.25) is 0 Å². The normalized spacial score (nSPS) is 17.8. The van der Waals surface area contributed by atoms with Gasteiger partial charge in [0.25, 0.3) is 0 Å². The van der Waals surface area contributed by atoms with Crippen LogP contribution in [0.4, 0.5) is 5.69 Å². The summed E-state index contributed by atoms with van der Waals surface area (Å²) in [6.07, 6.45) is 1.65. The smallest absolute Gasteiger partial charge is 0.244 e. The molecule has 0 aliphatic carbocycles. The van der Waals surface area contributed by atoms with Crippen molar-refractivity contribution in [3.63, 3.8) is 0 Å². The van der Waals surface area contributed by atoms with Crippen LogP contribution in [0.15, 0.2) is 60.7 Å². The van der Waals surface area contributed by atoms with Crippen LogP contribution in [-0.4, -0.2) is 47.8 Å². The summed E-state index contributed by atoms with van der Waals surface area (Å²) in [7, 11) is 0. The van der Waals surface area contributed by atoms with E-state index in [0.29, 0.717) is 13.1 Å². The number of amides is 2. The lowest BCUT2D eigenvalue weighted by molar-refractivity contribution is -0.140. The Balaban J connectivity index is 1.73. The fourth-order valence-corrected chi connectivity index (χ4v) is 4.06. The Morgan fingerprint density at radius 1 is 1.03 bits per heavy atom. The van der Waals surface area contributed by atoms with Crippen LogP contribution in [0.5, 0.6) is 0 Å². The van der Waals surface area contributed by atoms with Crippen molar-refractivity contribution in [3.05, 3.63) is 66.2 Å². The van der Waals surface area contributed by atoms with E-state index in [1.807, 2.05) is 65.6 Å². The van der Waals surface area contributed by atoms with Crippen molar-refractivity contribution >= 4 is 17.5 Å². The van der Waals surface area contributed by atoms with E-state index in [1.54, 1.807) is 0 Å². The van der Waals surface area contributed by atoms with Gasteiger partial charge in [-0.1, -0.05) is 62.4 Å². The van der Waals surface area contributed by atoms with E-state index in [0.717, 1.165) is 37.2 Å². The third kappa shape index (κ3) is 5.24. The van der Waals surface area contributed by atoms with Gasteiger partial charge in [-0.25, -0.2) is 0 Å². The molecular weight excluding hydrogens is 362 g/mol. The van der Waals surface area contributed by atoms with Crippen LogP contribution in [0.3, 0.4) is 0 Å². The number of para-hydroxylation sites is 1. The van der Waals surface area contributed by atoms with Crippen LogP contribution >= 0.6 is 0 Å². The number of anilines is 1. The molecule has 5 heteroatoms. The lowest BCUT2D eigenvalue weighted by atomic mass is 9.95. The molecule has 1 heterocycles. The van der Waals surface area contributed by atoms with Crippen LogP contribution < -0.4 is 5.32 Å². The summed E-state index contributed by atoms with van der Waals surface area (Å²) >= 11 is 0. The first kappa shape index (κ1) is 21.1. The van der Waals surface area contributed by atoms with E-state index in [2.05, 4.69) is 24.1 Å². The first-order valence-electron chi connectivity index (χ1n) is 10.6. The first-order valence-corrected chi connectivity index (χ1v) is 10.6. The van der Waals surface area contributed by atoms with E-state index in [4.69, 9.17) is 0 Å². The SMILES string of the molecule is CCN(CC)C(C(=O)N1CCCC(C(=O)Nc2ccccc2)C1)c1ccccc1. The average molecular weight is 394 g/mol. The standard InChI is InChI=1S/C24H31N3O2/c1-3-26(4-2)22(19-12-7-5-8-13-19)24(29)27-17-11-14-20(18-27)23(28)25-21-15-9-6-10-16-21/h5-10,12-13,15-16,20,22H,3-4,11,14,17-18H2,1-2H3,(H,25,28). The summed E-state index contributed by atoms with van der Waals surface area (Å²) in [4.78, 5) is 30.4. The summed E-state index contributed by atoms with van der Waals surface area (Å²) in [5.74, 6) is -0.0917. The largest absolute Gasteiger partial charge is 0.340 e. The number of nitrogens with one attached hydrogen (secondary N) is 1. The third-order valence-corrected chi connectivity index (χ3v) is 5.67. The molecule has 2 amide bonds. The molecule has 0 spiro atoms. The predicted molar refractivity (Wildman–Crippen MR) is 116 cm³/mol. The zero-order chi connectivity index (χ0) is 20.6. The van der Waals surface area contributed by atoms with Gasteiger partial charge in [-0.3, -0.25) is 14.5 Å². The second kappa shape index (κ2) is 10.2. The van der Waals surface area contributed by atoms with Gasteiger partial charge < -0.3 is 10.2 Å². The lowest BCUT2D eigenvalue weighted by Crippen LogP contribution is -2.48. The number of likely N-dealkylation sites (N-methyl/N-ethyl adjacent to an activating group) is 1. The van der Waals surface area contributed by atoms with Crippen molar-refractivity contribution in [1.82, 2.24) is 9.80 Å². The van der Waals surface area contributed by atoms with Gasteiger partial charge in [0.05, 0.1) is 5.92 Å². The number of rotatable bonds is 7. The van der Waals surface area contributed by atoms with Gasteiger partial charge in [-0.15, -0.1) is 0 Å². The topological polar surface area (TPSA) is 52.7 Å². The van der Waals surface area contributed by atoms with Crippen molar-refractivity contribution < 1.29 is 9.59 Å². The molecule has 154 valence electrons. The van der Waals surface area contributed by atoms with Crippen molar-refractivity contribution in [3.8, 4) is 0 Å². The monoisotopic (exact) mass is 393 g/mol. The molecule has 1 aliphatic heterocycles. The molecule has 1 N–H and O–H groups in total. The molecule has 5 nitrogen and oxygen atoms in total. The highest BCUT2D eigenvalue weighted by Gasteiger charge is 2.34.